The largest absolute Gasteiger partial charge is 0.493 e. The summed E-state index contributed by atoms with van der Waals surface area (Å²) in [7, 11) is 5.67. The summed E-state index contributed by atoms with van der Waals surface area (Å²) in [5.41, 5.74) is 3.76. The zero-order chi connectivity index (χ0) is 22.4. The smallest absolute Gasteiger partial charge is 0.161 e. The van der Waals surface area contributed by atoms with E-state index in [1.165, 1.54) is 0 Å². The molecule has 0 radical (unpaired) electrons. The van der Waals surface area contributed by atoms with Crippen molar-refractivity contribution in [1.82, 2.24) is 20.1 Å². The molecule has 168 valence electrons. The number of aromatic nitrogens is 2. The highest BCUT2D eigenvalue weighted by atomic mass is 16.6. The van der Waals surface area contributed by atoms with E-state index in [1.807, 2.05) is 43.4 Å². The number of benzene rings is 2. The van der Waals surface area contributed by atoms with Crippen LogP contribution in [0.15, 0.2) is 41.0 Å². The fourth-order valence-electron chi connectivity index (χ4n) is 3.32. The number of ether oxygens (including phenoxy) is 2. The molecule has 0 aliphatic heterocycles. The number of nitrogens with zero attached hydrogens (tertiary/aromatic N) is 4. The molecule has 0 aliphatic rings. The van der Waals surface area contributed by atoms with E-state index in [9.17, 15) is 5.11 Å². The summed E-state index contributed by atoms with van der Waals surface area (Å²) < 4.78 is 16.1. The molecule has 0 spiro atoms. The fraction of sp³-hybridized carbons (Fsp3) is 0.478. The summed E-state index contributed by atoms with van der Waals surface area (Å²) in [6.07, 6.45) is -0.569. The van der Waals surface area contributed by atoms with Gasteiger partial charge < -0.3 is 19.5 Å². The molecule has 1 aromatic heterocycles. The molecule has 1 N–H and O–H groups in total. The first-order valence-corrected chi connectivity index (χ1v) is 10.4. The first kappa shape index (κ1) is 23.0. The molecule has 0 amide bonds. The van der Waals surface area contributed by atoms with Crippen molar-refractivity contribution in [2.24, 2.45) is 0 Å². The van der Waals surface area contributed by atoms with Gasteiger partial charge in [-0.2, -0.15) is 0 Å². The normalized spacial score (nSPS) is 12.8. The van der Waals surface area contributed by atoms with Crippen LogP contribution in [0.4, 0.5) is 0 Å². The molecule has 1 unspecified atom stereocenters. The van der Waals surface area contributed by atoms with Gasteiger partial charge in [-0.05, 0) is 73.6 Å². The number of hydrogen-bond donors (Lipinski definition) is 1. The predicted molar refractivity (Wildman–Crippen MR) is 119 cm³/mol. The van der Waals surface area contributed by atoms with Gasteiger partial charge in [0.1, 0.15) is 23.7 Å². The highest BCUT2D eigenvalue weighted by Crippen LogP contribution is 2.29. The van der Waals surface area contributed by atoms with E-state index < -0.39 is 6.10 Å². The minimum atomic E-state index is -0.569. The molecule has 0 aliphatic carbocycles. The number of aliphatic hydroxyl groups is 1. The highest BCUT2D eigenvalue weighted by Gasteiger charge is 2.14. The van der Waals surface area contributed by atoms with Crippen molar-refractivity contribution in [3.8, 4) is 11.5 Å². The van der Waals surface area contributed by atoms with Gasteiger partial charge in [0.25, 0.3) is 0 Å². The Hall–Kier alpha value is -2.68. The van der Waals surface area contributed by atoms with Crippen LogP contribution in [0, 0.1) is 0 Å². The Bertz CT molecular complexity index is 975. The van der Waals surface area contributed by atoms with E-state index in [1.54, 1.807) is 7.11 Å². The van der Waals surface area contributed by atoms with E-state index in [2.05, 4.69) is 41.0 Å². The quantitative estimate of drug-likeness (QED) is 0.499. The SMILES string of the molecule is COc1cc(CN(C)Cc2ccc3nonc3c2)ccc1OCC(O)CN(C)C(C)C. The number of likely N-dealkylation sites (N-methyl/N-ethyl adjacent to an activating group) is 1. The fourth-order valence-corrected chi connectivity index (χ4v) is 3.32. The summed E-state index contributed by atoms with van der Waals surface area (Å²) in [4.78, 5) is 4.29. The Balaban J connectivity index is 1.57. The standard InChI is InChI=1S/C23H32N4O4/c1-16(2)27(4)14-19(28)15-30-22-9-7-18(11-23(22)29-5)13-26(3)12-17-6-8-20-21(10-17)25-31-24-20/h6-11,16,19,28H,12-15H2,1-5H3. The molecule has 8 heteroatoms. The molecular weight excluding hydrogens is 396 g/mol. The maximum Gasteiger partial charge on any atom is 0.161 e. The van der Waals surface area contributed by atoms with Crippen LogP contribution in [0.1, 0.15) is 25.0 Å². The third kappa shape index (κ3) is 6.40. The van der Waals surface area contributed by atoms with Gasteiger partial charge in [-0.15, -0.1) is 0 Å². The molecule has 0 fully saturated rings. The van der Waals surface area contributed by atoms with E-state index >= 15 is 0 Å². The van der Waals surface area contributed by atoms with Gasteiger partial charge in [0, 0.05) is 25.7 Å². The van der Waals surface area contributed by atoms with Crippen LogP contribution in [-0.2, 0) is 13.1 Å². The first-order chi connectivity index (χ1) is 14.9. The second-order valence-electron chi connectivity index (χ2n) is 8.24. The molecule has 2 aromatic carbocycles. The van der Waals surface area contributed by atoms with Gasteiger partial charge in [-0.3, -0.25) is 4.90 Å². The van der Waals surface area contributed by atoms with Gasteiger partial charge in [-0.25, -0.2) is 4.63 Å². The average Bonchev–Trinajstić information content (AvgIpc) is 3.20. The lowest BCUT2D eigenvalue weighted by atomic mass is 10.1. The Morgan fingerprint density at radius 2 is 1.65 bits per heavy atom. The van der Waals surface area contributed by atoms with Crippen molar-refractivity contribution in [3.63, 3.8) is 0 Å². The molecule has 0 saturated carbocycles. The monoisotopic (exact) mass is 428 g/mol. The second kappa shape index (κ2) is 10.6. The van der Waals surface area contributed by atoms with Crippen LogP contribution >= 0.6 is 0 Å². The van der Waals surface area contributed by atoms with Crippen LogP contribution < -0.4 is 9.47 Å². The summed E-state index contributed by atoms with van der Waals surface area (Å²) >= 11 is 0. The number of aliphatic hydroxyl groups excluding tert-OH is 1. The summed E-state index contributed by atoms with van der Waals surface area (Å²) in [5, 5.41) is 18.0. The zero-order valence-electron chi connectivity index (χ0n) is 18.9. The molecule has 3 aromatic rings. The summed E-state index contributed by atoms with van der Waals surface area (Å²) in [6.45, 7) is 6.46. The van der Waals surface area contributed by atoms with Crippen molar-refractivity contribution in [2.75, 3.05) is 34.4 Å². The Morgan fingerprint density at radius 1 is 0.968 bits per heavy atom. The number of methoxy groups -OCH3 is 1. The third-order valence-corrected chi connectivity index (χ3v) is 5.26. The molecule has 1 atom stereocenters. The Kier molecular flexibility index (Phi) is 7.84. The molecule has 8 nitrogen and oxygen atoms in total. The molecule has 0 bridgehead atoms. The topological polar surface area (TPSA) is 84.1 Å². The lowest BCUT2D eigenvalue weighted by molar-refractivity contribution is 0.0668. The molecule has 3 rings (SSSR count). The lowest BCUT2D eigenvalue weighted by Gasteiger charge is -2.24. The summed E-state index contributed by atoms with van der Waals surface area (Å²) in [6, 6.07) is 12.2. The van der Waals surface area contributed by atoms with Crippen LogP contribution in [0.3, 0.4) is 0 Å². The van der Waals surface area contributed by atoms with Crippen molar-refractivity contribution >= 4 is 11.0 Å². The Morgan fingerprint density at radius 3 is 2.35 bits per heavy atom. The molecule has 1 heterocycles. The minimum absolute atomic E-state index is 0.214. The van der Waals surface area contributed by atoms with Gasteiger partial charge >= 0.3 is 0 Å². The second-order valence-corrected chi connectivity index (χ2v) is 8.24. The number of rotatable bonds is 11. The van der Waals surface area contributed by atoms with Crippen LogP contribution in [0.25, 0.3) is 11.0 Å². The molecular formula is C23H32N4O4. The minimum Gasteiger partial charge on any atom is -0.493 e. The van der Waals surface area contributed by atoms with Gasteiger partial charge in [0.05, 0.1) is 7.11 Å². The maximum absolute atomic E-state index is 10.2. The van der Waals surface area contributed by atoms with E-state index in [4.69, 9.17) is 14.1 Å². The van der Waals surface area contributed by atoms with Crippen molar-refractivity contribution in [1.29, 1.82) is 0 Å². The van der Waals surface area contributed by atoms with Crippen molar-refractivity contribution in [3.05, 3.63) is 47.5 Å². The summed E-state index contributed by atoms with van der Waals surface area (Å²) in [5.74, 6) is 1.29. The van der Waals surface area contributed by atoms with Crippen molar-refractivity contribution < 1.29 is 19.2 Å². The van der Waals surface area contributed by atoms with Crippen LogP contribution in [0.2, 0.25) is 0 Å². The highest BCUT2D eigenvalue weighted by molar-refractivity contribution is 5.73. The van der Waals surface area contributed by atoms with Crippen LogP contribution in [0.5, 0.6) is 11.5 Å². The van der Waals surface area contributed by atoms with E-state index in [0.29, 0.717) is 24.1 Å². The van der Waals surface area contributed by atoms with Crippen molar-refractivity contribution in [2.45, 2.75) is 39.1 Å². The average molecular weight is 429 g/mol. The molecule has 0 saturated heterocycles. The van der Waals surface area contributed by atoms with E-state index in [0.717, 1.165) is 35.2 Å². The molecule has 31 heavy (non-hydrogen) atoms. The zero-order valence-corrected chi connectivity index (χ0v) is 18.9. The van der Waals surface area contributed by atoms with Crippen LogP contribution in [-0.4, -0.2) is 71.7 Å². The van der Waals surface area contributed by atoms with E-state index in [-0.39, 0.29) is 6.61 Å². The lowest BCUT2D eigenvalue weighted by Crippen LogP contribution is -2.36. The van der Waals surface area contributed by atoms with Gasteiger partial charge in [0.15, 0.2) is 11.5 Å². The Labute approximate surface area is 183 Å². The predicted octanol–water partition coefficient (Wildman–Crippen LogP) is 2.94. The maximum atomic E-state index is 10.2. The van der Waals surface area contributed by atoms with Gasteiger partial charge in [-0.1, -0.05) is 12.1 Å². The third-order valence-electron chi connectivity index (χ3n) is 5.26. The first-order valence-electron chi connectivity index (χ1n) is 10.4. The number of hydrogen-bond acceptors (Lipinski definition) is 8. The number of fused-ring (bicyclic) bond motifs is 1. The van der Waals surface area contributed by atoms with Gasteiger partial charge in [0.2, 0.25) is 0 Å².